The van der Waals surface area contributed by atoms with Crippen molar-refractivity contribution in [2.45, 2.75) is 97.2 Å². The summed E-state index contributed by atoms with van der Waals surface area (Å²) < 4.78 is 0. The van der Waals surface area contributed by atoms with Gasteiger partial charge in [-0.25, -0.2) is 0 Å². The summed E-state index contributed by atoms with van der Waals surface area (Å²) in [6, 6.07) is 9.69. The lowest BCUT2D eigenvalue weighted by Gasteiger charge is -2.62. The van der Waals surface area contributed by atoms with Gasteiger partial charge in [0.2, 0.25) is 0 Å². The molecular weight excluding hydrogens is 408 g/mol. The monoisotopic (exact) mass is 452 g/mol. The Hall–Kier alpha value is -1.19. The molecule has 1 aromatic rings. The number of Topliss-reactive ketones (excluding diaryl/α,β-unsaturated/α-hetero) is 1. The maximum atomic E-state index is 12.7. The van der Waals surface area contributed by atoms with Crippen LogP contribution in [0.25, 0.3) is 0 Å². The first-order chi connectivity index (χ1) is 15.7. The summed E-state index contributed by atoms with van der Waals surface area (Å²) >= 11 is 0. The standard InChI is InChI=1S/C30H44O3/c1-19(9-14-27(32)20-7-5-4-6-8-20)24-12-13-25-23-11-10-21-17-22(31)15-16-29(21,2)26(23)18-28(33)30(24,25)3/h4-8,19,21-26,28,31,33H,9-18H2,1-3H3/t19-,21-,22-,23-,24+,25-,26-,28-,29-,30+/m0/s1. The fraction of sp³-hybridized carbons (Fsp3) is 0.767. The van der Waals surface area contributed by atoms with E-state index in [0.29, 0.717) is 36.0 Å². The van der Waals surface area contributed by atoms with Gasteiger partial charge in [0.25, 0.3) is 0 Å². The lowest BCUT2D eigenvalue weighted by Crippen LogP contribution is -2.58. The van der Waals surface area contributed by atoms with Gasteiger partial charge in [0, 0.05) is 12.0 Å². The molecule has 0 bridgehead atoms. The number of hydrogen-bond acceptors (Lipinski definition) is 3. The first-order valence-electron chi connectivity index (χ1n) is 13.7. The van der Waals surface area contributed by atoms with Crippen LogP contribution in [0.3, 0.4) is 0 Å². The molecule has 5 rings (SSSR count). The van der Waals surface area contributed by atoms with Gasteiger partial charge in [-0.15, -0.1) is 0 Å². The van der Waals surface area contributed by atoms with Gasteiger partial charge in [0.1, 0.15) is 0 Å². The van der Waals surface area contributed by atoms with Crippen molar-refractivity contribution >= 4 is 5.78 Å². The molecular formula is C30H44O3. The molecule has 3 heteroatoms. The topological polar surface area (TPSA) is 57.5 Å². The van der Waals surface area contributed by atoms with Gasteiger partial charge in [-0.3, -0.25) is 4.79 Å². The van der Waals surface area contributed by atoms with Crippen LogP contribution in [0.5, 0.6) is 0 Å². The fourth-order valence-corrected chi connectivity index (χ4v) is 9.49. The quantitative estimate of drug-likeness (QED) is 0.517. The molecule has 0 amide bonds. The van der Waals surface area contributed by atoms with Crippen LogP contribution in [0.1, 0.15) is 95.3 Å². The Balaban J connectivity index is 1.30. The highest BCUT2D eigenvalue weighted by Crippen LogP contribution is 2.68. The van der Waals surface area contributed by atoms with E-state index in [4.69, 9.17) is 0 Å². The van der Waals surface area contributed by atoms with Gasteiger partial charge in [-0.2, -0.15) is 0 Å². The van der Waals surface area contributed by atoms with Crippen molar-refractivity contribution in [3.63, 3.8) is 0 Å². The molecule has 4 aliphatic carbocycles. The number of carbonyl (C=O) groups is 1. The average molecular weight is 453 g/mol. The molecule has 4 fully saturated rings. The third kappa shape index (κ3) is 3.82. The number of ketones is 1. The van der Waals surface area contributed by atoms with Crippen LogP contribution < -0.4 is 0 Å². The Labute approximate surface area is 200 Å². The zero-order chi connectivity index (χ0) is 23.4. The highest BCUT2D eigenvalue weighted by Gasteiger charge is 2.63. The first kappa shape index (κ1) is 23.5. The van der Waals surface area contributed by atoms with Crippen LogP contribution in [0.4, 0.5) is 0 Å². The second-order valence-electron chi connectivity index (χ2n) is 12.7. The van der Waals surface area contributed by atoms with Gasteiger partial charge in [0.15, 0.2) is 5.78 Å². The van der Waals surface area contributed by atoms with Crippen LogP contribution in [0.15, 0.2) is 30.3 Å². The Morgan fingerprint density at radius 2 is 1.76 bits per heavy atom. The Morgan fingerprint density at radius 3 is 2.52 bits per heavy atom. The average Bonchev–Trinajstić information content (AvgIpc) is 3.18. The normalized spacial score (nSPS) is 45.5. The van der Waals surface area contributed by atoms with E-state index in [-0.39, 0.29) is 28.8 Å². The number of benzene rings is 1. The number of aliphatic hydroxyl groups excluding tert-OH is 2. The number of aliphatic hydroxyl groups is 2. The van der Waals surface area contributed by atoms with Gasteiger partial charge in [-0.05, 0) is 104 Å². The van der Waals surface area contributed by atoms with Crippen LogP contribution in [-0.2, 0) is 0 Å². The summed E-state index contributed by atoms with van der Waals surface area (Å²) in [5.74, 6) is 3.75. The molecule has 1 aromatic carbocycles. The molecule has 33 heavy (non-hydrogen) atoms. The second kappa shape index (κ2) is 8.79. The summed E-state index contributed by atoms with van der Waals surface area (Å²) in [5, 5.41) is 22.0. The van der Waals surface area contributed by atoms with Gasteiger partial charge in [0.05, 0.1) is 12.2 Å². The summed E-state index contributed by atoms with van der Waals surface area (Å²) in [4.78, 5) is 12.7. The summed E-state index contributed by atoms with van der Waals surface area (Å²) in [6.07, 6.45) is 10.1. The molecule has 0 unspecified atom stereocenters. The van der Waals surface area contributed by atoms with E-state index in [9.17, 15) is 15.0 Å². The van der Waals surface area contributed by atoms with Crippen LogP contribution in [0.2, 0.25) is 0 Å². The van der Waals surface area contributed by atoms with E-state index in [1.165, 1.54) is 25.7 Å². The van der Waals surface area contributed by atoms with Crippen molar-refractivity contribution < 1.29 is 15.0 Å². The minimum absolute atomic E-state index is 0.0201. The van der Waals surface area contributed by atoms with Crippen molar-refractivity contribution in [2.24, 2.45) is 46.3 Å². The van der Waals surface area contributed by atoms with Gasteiger partial charge < -0.3 is 10.2 Å². The Bertz CT molecular complexity index is 851. The smallest absolute Gasteiger partial charge is 0.162 e. The van der Waals surface area contributed by atoms with Gasteiger partial charge in [-0.1, -0.05) is 51.1 Å². The van der Waals surface area contributed by atoms with E-state index in [0.717, 1.165) is 43.6 Å². The van der Waals surface area contributed by atoms with E-state index in [1.54, 1.807) is 0 Å². The maximum Gasteiger partial charge on any atom is 0.162 e. The predicted molar refractivity (Wildman–Crippen MR) is 132 cm³/mol. The van der Waals surface area contributed by atoms with Crippen LogP contribution in [0, 0.1) is 46.3 Å². The van der Waals surface area contributed by atoms with Crippen molar-refractivity contribution in [1.29, 1.82) is 0 Å². The van der Waals surface area contributed by atoms with Crippen LogP contribution >= 0.6 is 0 Å². The summed E-state index contributed by atoms with van der Waals surface area (Å²) in [5.41, 5.74) is 1.09. The van der Waals surface area contributed by atoms with E-state index >= 15 is 0 Å². The highest BCUT2D eigenvalue weighted by molar-refractivity contribution is 5.95. The van der Waals surface area contributed by atoms with E-state index in [2.05, 4.69) is 20.8 Å². The molecule has 4 aliphatic rings. The highest BCUT2D eigenvalue weighted by atomic mass is 16.3. The molecule has 2 N–H and O–H groups in total. The zero-order valence-corrected chi connectivity index (χ0v) is 20.9. The third-order valence-corrected chi connectivity index (χ3v) is 11.4. The molecule has 0 heterocycles. The molecule has 10 atom stereocenters. The maximum absolute atomic E-state index is 12.7. The number of carbonyl (C=O) groups excluding carboxylic acids is 1. The minimum atomic E-state index is -0.244. The molecule has 4 saturated carbocycles. The van der Waals surface area contributed by atoms with E-state index in [1.807, 2.05) is 30.3 Å². The molecule has 0 aliphatic heterocycles. The van der Waals surface area contributed by atoms with Crippen molar-refractivity contribution in [2.75, 3.05) is 0 Å². The number of fused-ring (bicyclic) bond motifs is 5. The predicted octanol–water partition coefficient (Wildman–Crippen LogP) is 6.28. The molecule has 0 aromatic heterocycles. The lowest BCUT2D eigenvalue weighted by molar-refractivity contribution is -0.174. The molecule has 0 radical (unpaired) electrons. The fourth-order valence-electron chi connectivity index (χ4n) is 9.49. The third-order valence-electron chi connectivity index (χ3n) is 11.4. The molecule has 3 nitrogen and oxygen atoms in total. The second-order valence-corrected chi connectivity index (χ2v) is 12.7. The molecule has 182 valence electrons. The van der Waals surface area contributed by atoms with Crippen molar-refractivity contribution in [3.8, 4) is 0 Å². The van der Waals surface area contributed by atoms with Gasteiger partial charge >= 0.3 is 0 Å². The largest absolute Gasteiger partial charge is 0.393 e. The van der Waals surface area contributed by atoms with Crippen LogP contribution in [-0.4, -0.2) is 28.2 Å². The number of hydrogen-bond donors (Lipinski definition) is 2. The Kier molecular flexibility index (Phi) is 6.27. The summed E-state index contributed by atoms with van der Waals surface area (Å²) in [7, 11) is 0. The Morgan fingerprint density at radius 1 is 1.00 bits per heavy atom. The molecule has 0 saturated heterocycles. The van der Waals surface area contributed by atoms with Crippen molar-refractivity contribution in [3.05, 3.63) is 35.9 Å². The molecule has 0 spiro atoms. The SMILES string of the molecule is C[C@@H](CCC(=O)c1ccccc1)[C@H]1CC[C@H]2[C@@H]3CC[C@H]4C[C@@H](O)CC[C@]4(C)[C@H]3C[C@H](O)[C@]12C. The summed E-state index contributed by atoms with van der Waals surface area (Å²) in [6.45, 7) is 7.21. The minimum Gasteiger partial charge on any atom is -0.393 e. The number of rotatable bonds is 5. The first-order valence-corrected chi connectivity index (χ1v) is 13.7. The van der Waals surface area contributed by atoms with E-state index < -0.39 is 0 Å². The zero-order valence-electron chi connectivity index (χ0n) is 20.9. The van der Waals surface area contributed by atoms with Crippen molar-refractivity contribution in [1.82, 2.24) is 0 Å². The lowest BCUT2D eigenvalue weighted by atomic mass is 9.43.